The van der Waals surface area contributed by atoms with Crippen LogP contribution >= 0.6 is 0 Å². The van der Waals surface area contributed by atoms with Crippen LogP contribution in [0.15, 0.2) is 47.0 Å². The SMILES string of the molecule is Cc1c(-c2ccc3ccccc3c2)noc1N. The Labute approximate surface area is 98.8 Å². The van der Waals surface area contributed by atoms with Gasteiger partial charge in [0.2, 0.25) is 5.88 Å². The van der Waals surface area contributed by atoms with E-state index in [1.807, 2.05) is 25.1 Å². The van der Waals surface area contributed by atoms with Crippen LogP contribution in [0.3, 0.4) is 0 Å². The van der Waals surface area contributed by atoms with Gasteiger partial charge in [0.25, 0.3) is 0 Å². The minimum absolute atomic E-state index is 0.383. The van der Waals surface area contributed by atoms with E-state index in [1.54, 1.807) is 0 Å². The zero-order valence-electron chi connectivity index (χ0n) is 9.47. The smallest absolute Gasteiger partial charge is 0.225 e. The third kappa shape index (κ3) is 1.56. The molecule has 17 heavy (non-hydrogen) atoms. The van der Waals surface area contributed by atoms with Crippen LogP contribution in [0.25, 0.3) is 22.0 Å². The summed E-state index contributed by atoms with van der Waals surface area (Å²) < 4.78 is 4.99. The van der Waals surface area contributed by atoms with Gasteiger partial charge in [0.15, 0.2) is 0 Å². The summed E-state index contributed by atoms with van der Waals surface area (Å²) in [6.45, 7) is 1.91. The lowest BCUT2D eigenvalue weighted by Crippen LogP contribution is -1.85. The number of nitrogens with two attached hydrogens (primary N) is 1. The molecule has 0 amide bonds. The number of nitrogen functional groups attached to an aromatic ring is 1. The van der Waals surface area contributed by atoms with Crippen molar-refractivity contribution in [1.82, 2.24) is 5.16 Å². The van der Waals surface area contributed by atoms with Crippen molar-refractivity contribution in [3.05, 3.63) is 48.0 Å². The van der Waals surface area contributed by atoms with Crippen LogP contribution in [-0.4, -0.2) is 5.16 Å². The van der Waals surface area contributed by atoms with E-state index in [2.05, 4.69) is 29.4 Å². The zero-order valence-corrected chi connectivity index (χ0v) is 9.47. The highest BCUT2D eigenvalue weighted by Gasteiger charge is 2.11. The molecular formula is C14H12N2O. The van der Waals surface area contributed by atoms with Gasteiger partial charge in [0, 0.05) is 11.1 Å². The number of anilines is 1. The fourth-order valence-corrected chi connectivity index (χ4v) is 1.95. The highest BCUT2D eigenvalue weighted by Crippen LogP contribution is 2.28. The van der Waals surface area contributed by atoms with E-state index in [4.69, 9.17) is 10.3 Å². The van der Waals surface area contributed by atoms with Crippen LogP contribution in [0, 0.1) is 6.92 Å². The number of benzene rings is 2. The number of hydrogen-bond donors (Lipinski definition) is 1. The van der Waals surface area contributed by atoms with Gasteiger partial charge in [-0.1, -0.05) is 41.6 Å². The van der Waals surface area contributed by atoms with Gasteiger partial charge in [0.1, 0.15) is 5.69 Å². The Morgan fingerprint density at radius 2 is 1.82 bits per heavy atom. The van der Waals surface area contributed by atoms with Gasteiger partial charge >= 0.3 is 0 Å². The Hall–Kier alpha value is -2.29. The second-order valence-corrected chi connectivity index (χ2v) is 4.08. The van der Waals surface area contributed by atoms with Gasteiger partial charge in [-0.25, -0.2) is 0 Å². The van der Waals surface area contributed by atoms with Crippen LogP contribution in [-0.2, 0) is 0 Å². The molecule has 1 aromatic heterocycles. The molecule has 3 heteroatoms. The van der Waals surface area contributed by atoms with Crippen LogP contribution in [0.2, 0.25) is 0 Å². The maximum Gasteiger partial charge on any atom is 0.225 e. The molecule has 0 bridgehead atoms. The summed E-state index contributed by atoms with van der Waals surface area (Å²) in [7, 11) is 0. The highest BCUT2D eigenvalue weighted by atomic mass is 16.5. The normalized spacial score (nSPS) is 10.9. The molecule has 0 spiro atoms. The van der Waals surface area contributed by atoms with E-state index in [0.717, 1.165) is 16.8 Å². The summed E-state index contributed by atoms with van der Waals surface area (Å²) in [6, 6.07) is 14.4. The van der Waals surface area contributed by atoms with Crippen molar-refractivity contribution in [3.8, 4) is 11.3 Å². The van der Waals surface area contributed by atoms with Gasteiger partial charge in [-0.15, -0.1) is 0 Å². The first-order chi connectivity index (χ1) is 8.25. The largest absolute Gasteiger partial charge is 0.367 e. The zero-order chi connectivity index (χ0) is 11.8. The molecule has 2 aromatic carbocycles. The summed E-state index contributed by atoms with van der Waals surface area (Å²) in [4.78, 5) is 0. The molecule has 3 rings (SSSR count). The van der Waals surface area contributed by atoms with Crippen molar-refractivity contribution < 1.29 is 4.52 Å². The molecule has 0 fully saturated rings. The van der Waals surface area contributed by atoms with E-state index in [-0.39, 0.29) is 0 Å². The van der Waals surface area contributed by atoms with Crippen molar-refractivity contribution in [2.24, 2.45) is 0 Å². The minimum atomic E-state index is 0.383. The molecule has 1 heterocycles. The van der Waals surface area contributed by atoms with Gasteiger partial charge in [-0.2, -0.15) is 0 Å². The second-order valence-electron chi connectivity index (χ2n) is 4.08. The average Bonchev–Trinajstić information content (AvgIpc) is 2.70. The molecule has 0 aliphatic rings. The molecule has 0 aliphatic heterocycles. The van der Waals surface area contributed by atoms with Gasteiger partial charge in [-0.3, -0.25) is 0 Å². The quantitative estimate of drug-likeness (QED) is 0.689. The summed E-state index contributed by atoms with van der Waals surface area (Å²) >= 11 is 0. The fourth-order valence-electron chi connectivity index (χ4n) is 1.95. The molecule has 0 unspecified atom stereocenters. The maximum absolute atomic E-state index is 5.66. The fraction of sp³-hybridized carbons (Fsp3) is 0.0714. The highest BCUT2D eigenvalue weighted by molar-refractivity contribution is 5.87. The van der Waals surface area contributed by atoms with Gasteiger partial charge in [0.05, 0.1) is 0 Å². The number of nitrogens with zero attached hydrogens (tertiary/aromatic N) is 1. The van der Waals surface area contributed by atoms with Crippen LogP contribution in [0.5, 0.6) is 0 Å². The number of aromatic nitrogens is 1. The average molecular weight is 224 g/mol. The summed E-state index contributed by atoms with van der Waals surface area (Å²) in [5, 5.41) is 6.39. The molecule has 0 saturated heterocycles. The molecule has 3 aromatic rings. The van der Waals surface area contributed by atoms with E-state index < -0.39 is 0 Å². The monoisotopic (exact) mass is 224 g/mol. The Bertz CT molecular complexity index is 686. The molecular weight excluding hydrogens is 212 g/mol. The van der Waals surface area contributed by atoms with Crippen molar-refractivity contribution in [2.45, 2.75) is 6.92 Å². The van der Waals surface area contributed by atoms with E-state index in [0.29, 0.717) is 5.88 Å². The minimum Gasteiger partial charge on any atom is -0.367 e. The number of rotatable bonds is 1. The lowest BCUT2D eigenvalue weighted by atomic mass is 10.0. The molecule has 0 radical (unpaired) electrons. The molecule has 2 N–H and O–H groups in total. The topological polar surface area (TPSA) is 52.0 Å². The summed E-state index contributed by atoms with van der Waals surface area (Å²) in [5.41, 5.74) is 8.39. The Morgan fingerprint density at radius 3 is 2.53 bits per heavy atom. The Morgan fingerprint density at radius 1 is 1.06 bits per heavy atom. The van der Waals surface area contributed by atoms with E-state index in [9.17, 15) is 0 Å². The van der Waals surface area contributed by atoms with Crippen molar-refractivity contribution in [1.29, 1.82) is 0 Å². The van der Waals surface area contributed by atoms with Crippen molar-refractivity contribution in [3.63, 3.8) is 0 Å². The molecule has 0 saturated carbocycles. The standard InChI is InChI=1S/C14H12N2O/c1-9-13(16-17-14(9)15)12-7-6-10-4-2-3-5-11(10)8-12/h2-8H,15H2,1H3. The Balaban J connectivity index is 2.21. The van der Waals surface area contributed by atoms with Gasteiger partial charge < -0.3 is 10.3 Å². The molecule has 84 valence electrons. The molecule has 3 nitrogen and oxygen atoms in total. The third-order valence-electron chi connectivity index (χ3n) is 2.98. The predicted molar refractivity (Wildman–Crippen MR) is 68.6 cm³/mol. The van der Waals surface area contributed by atoms with E-state index >= 15 is 0 Å². The number of fused-ring (bicyclic) bond motifs is 1. The van der Waals surface area contributed by atoms with Gasteiger partial charge in [-0.05, 0) is 23.8 Å². The molecule has 0 atom stereocenters. The lowest BCUT2D eigenvalue weighted by Gasteiger charge is -2.01. The first-order valence-electron chi connectivity index (χ1n) is 5.46. The van der Waals surface area contributed by atoms with Crippen LogP contribution in [0.4, 0.5) is 5.88 Å². The van der Waals surface area contributed by atoms with Crippen LogP contribution in [0.1, 0.15) is 5.56 Å². The molecule has 0 aliphatic carbocycles. The van der Waals surface area contributed by atoms with Crippen molar-refractivity contribution >= 4 is 16.7 Å². The van der Waals surface area contributed by atoms with Crippen molar-refractivity contribution in [2.75, 3.05) is 5.73 Å². The number of hydrogen-bond acceptors (Lipinski definition) is 3. The Kier molecular flexibility index (Phi) is 2.11. The van der Waals surface area contributed by atoms with E-state index in [1.165, 1.54) is 10.8 Å². The third-order valence-corrected chi connectivity index (χ3v) is 2.98. The first kappa shape index (κ1) is 9.90. The summed E-state index contributed by atoms with van der Waals surface area (Å²) in [5.74, 6) is 0.383. The predicted octanol–water partition coefficient (Wildman–Crippen LogP) is 3.39. The van der Waals surface area contributed by atoms with Crippen LogP contribution < -0.4 is 5.73 Å². The summed E-state index contributed by atoms with van der Waals surface area (Å²) in [6.07, 6.45) is 0. The second kappa shape index (κ2) is 3.63. The first-order valence-corrected chi connectivity index (χ1v) is 5.46. The maximum atomic E-state index is 5.66. The lowest BCUT2D eigenvalue weighted by molar-refractivity contribution is 0.439.